The van der Waals surface area contributed by atoms with E-state index in [2.05, 4.69) is 74.9 Å². The van der Waals surface area contributed by atoms with Crippen LogP contribution < -0.4 is 0 Å². The van der Waals surface area contributed by atoms with Crippen molar-refractivity contribution in [1.82, 2.24) is 9.55 Å². The summed E-state index contributed by atoms with van der Waals surface area (Å²) in [6, 6.07) is 17.0. The minimum absolute atomic E-state index is 0.153. The second-order valence-electron chi connectivity index (χ2n) is 6.31. The lowest BCUT2D eigenvalue weighted by Gasteiger charge is -2.19. The molecule has 1 heterocycles. The van der Waals surface area contributed by atoms with Crippen LogP contribution in [-0.4, -0.2) is 9.55 Å². The maximum atomic E-state index is 4.77. The van der Waals surface area contributed by atoms with Crippen molar-refractivity contribution in [2.24, 2.45) is 7.05 Å². The summed E-state index contributed by atoms with van der Waals surface area (Å²) < 4.78 is 2.16. The van der Waals surface area contributed by atoms with Crippen LogP contribution in [0.25, 0.3) is 22.4 Å². The monoisotopic (exact) mass is 264 g/mol. The first kappa shape index (κ1) is 12.9. The molecule has 3 aromatic rings. The molecule has 102 valence electrons. The van der Waals surface area contributed by atoms with Gasteiger partial charge in [0, 0.05) is 12.6 Å². The average Bonchev–Trinajstić information content (AvgIpc) is 2.76. The lowest BCUT2D eigenvalue weighted by Crippen LogP contribution is -2.11. The van der Waals surface area contributed by atoms with Crippen molar-refractivity contribution in [3.05, 3.63) is 54.1 Å². The fourth-order valence-corrected chi connectivity index (χ4v) is 2.53. The van der Waals surface area contributed by atoms with E-state index in [0.717, 1.165) is 11.3 Å². The van der Waals surface area contributed by atoms with Crippen molar-refractivity contribution in [2.75, 3.05) is 0 Å². The molecule has 2 heteroatoms. The van der Waals surface area contributed by atoms with Crippen molar-refractivity contribution in [3.63, 3.8) is 0 Å². The molecule has 0 saturated heterocycles. The van der Waals surface area contributed by atoms with Gasteiger partial charge >= 0.3 is 0 Å². The third-order valence-electron chi connectivity index (χ3n) is 3.77. The lowest BCUT2D eigenvalue weighted by atomic mass is 9.86. The zero-order chi connectivity index (χ0) is 14.3. The van der Waals surface area contributed by atoms with Crippen LogP contribution in [0.2, 0.25) is 0 Å². The molecule has 2 aromatic carbocycles. The molecule has 0 aliphatic rings. The summed E-state index contributed by atoms with van der Waals surface area (Å²) in [5.74, 6) is 1.03. The number of benzene rings is 2. The Labute approximate surface area is 120 Å². The number of hydrogen-bond acceptors (Lipinski definition) is 1. The van der Waals surface area contributed by atoms with Gasteiger partial charge in [-0.05, 0) is 29.2 Å². The van der Waals surface area contributed by atoms with Gasteiger partial charge < -0.3 is 4.57 Å². The standard InChI is InChI=1S/C18H20N2/c1-18(2,3)14-9-7-8-13(12-14)17-19-15-10-5-6-11-16(15)20(17)4/h5-12H,1-4H3. The Morgan fingerprint density at radius 1 is 0.950 bits per heavy atom. The fourth-order valence-electron chi connectivity index (χ4n) is 2.53. The molecular formula is C18H20N2. The summed E-state index contributed by atoms with van der Waals surface area (Å²) in [5, 5.41) is 0. The molecule has 20 heavy (non-hydrogen) atoms. The minimum Gasteiger partial charge on any atom is -0.327 e. The highest BCUT2D eigenvalue weighted by atomic mass is 15.1. The predicted octanol–water partition coefficient (Wildman–Crippen LogP) is 4.54. The van der Waals surface area contributed by atoms with Gasteiger partial charge in [-0.15, -0.1) is 0 Å². The first-order valence-electron chi connectivity index (χ1n) is 6.99. The highest BCUT2D eigenvalue weighted by Crippen LogP contribution is 2.28. The minimum atomic E-state index is 0.153. The maximum Gasteiger partial charge on any atom is 0.140 e. The summed E-state index contributed by atoms with van der Waals surface area (Å²) >= 11 is 0. The number of aromatic nitrogens is 2. The number of para-hydroxylation sites is 2. The number of imidazole rings is 1. The second-order valence-corrected chi connectivity index (χ2v) is 6.31. The van der Waals surface area contributed by atoms with E-state index in [9.17, 15) is 0 Å². The van der Waals surface area contributed by atoms with Crippen molar-refractivity contribution in [3.8, 4) is 11.4 Å². The highest BCUT2D eigenvalue weighted by molar-refractivity contribution is 5.80. The molecule has 0 atom stereocenters. The topological polar surface area (TPSA) is 17.8 Å². The molecule has 0 N–H and O–H groups in total. The first-order chi connectivity index (χ1) is 9.47. The number of hydrogen-bond donors (Lipinski definition) is 0. The van der Waals surface area contributed by atoms with E-state index in [1.165, 1.54) is 16.6 Å². The lowest BCUT2D eigenvalue weighted by molar-refractivity contribution is 0.590. The Kier molecular flexibility index (Phi) is 2.89. The Balaban J connectivity index is 2.18. The predicted molar refractivity (Wildman–Crippen MR) is 84.9 cm³/mol. The Morgan fingerprint density at radius 3 is 2.40 bits per heavy atom. The van der Waals surface area contributed by atoms with Gasteiger partial charge in [-0.2, -0.15) is 0 Å². The van der Waals surface area contributed by atoms with Crippen LogP contribution in [0, 0.1) is 0 Å². The van der Waals surface area contributed by atoms with E-state index in [1.807, 2.05) is 6.07 Å². The van der Waals surface area contributed by atoms with Gasteiger partial charge in [-0.1, -0.05) is 51.1 Å². The highest BCUT2D eigenvalue weighted by Gasteiger charge is 2.16. The van der Waals surface area contributed by atoms with Gasteiger partial charge in [0.2, 0.25) is 0 Å². The van der Waals surface area contributed by atoms with Gasteiger partial charge in [0.1, 0.15) is 5.82 Å². The molecule has 2 nitrogen and oxygen atoms in total. The smallest absolute Gasteiger partial charge is 0.140 e. The quantitative estimate of drug-likeness (QED) is 0.631. The molecule has 0 fully saturated rings. The first-order valence-corrected chi connectivity index (χ1v) is 6.99. The van der Waals surface area contributed by atoms with E-state index < -0.39 is 0 Å². The molecule has 3 rings (SSSR count). The van der Waals surface area contributed by atoms with Crippen molar-refractivity contribution in [2.45, 2.75) is 26.2 Å². The zero-order valence-corrected chi connectivity index (χ0v) is 12.5. The summed E-state index contributed by atoms with van der Waals surface area (Å²) in [6.45, 7) is 6.71. The van der Waals surface area contributed by atoms with Crippen LogP contribution in [0.15, 0.2) is 48.5 Å². The van der Waals surface area contributed by atoms with Gasteiger partial charge in [0.15, 0.2) is 0 Å². The normalized spacial score (nSPS) is 12.0. The molecule has 0 bridgehead atoms. The molecule has 0 aliphatic heterocycles. The Morgan fingerprint density at radius 2 is 1.70 bits per heavy atom. The number of fused-ring (bicyclic) bond motifs is 1. The van der Waals surface area contributed by atoms with E-state index in [1.54, 1.807) is 0 Å². The van der Waals surface area contributed by atoms with Crippen LogP contribution in [-0.2, 0) is 12.5 Å². The summed E-state index contributed by atoms with van der Waals surface area (Å²) in [5.41, 5.74) is 4.88. The van der Waals surface area contributed by atoms with Crippen molar-refractivity contribution < 1.29 is 0 Å². The fraction of sp³-hybridized carbons (Fsp3) is 0.278. The van der Waals surface area contributed by atoms with E-state index >= 15 is 0 Å². The molecular weight excluding hydrogens is 244 g/mol. The number of nitrogens with zero attached hydrogens (tertiary/aromatic N) is 2. The van der Waals surface area contributed by atoms with Crippen LogP contribution >= 0.6 is 0 Å². The molecule has 0 unspecified atom stereocenters. The molecule has 0 aliphatic carbocycles. The van der Waals surface area contributed by atoms with Crippen LogP contribution in [0.4, 0.5) is 0 Å². The summed E-state index contributed by atoms with van der Waals surface area (Å²) in [7, 11) is 2.08. The van der Waals surface area contributed by atoms with Crippen LogP contribution in [0.1, 0.15) is 26.3 Å². The average molecular weight is 264 g/mol. The zero-order valence-electron chi connectivity index (χ0n) is 12.5. The number of aryl methyl sites for hydroxylation is 1. The second kappa shape index (κ2) is 4.48. The Bertz CT molecular complexity index is 760. The third kappa shape index (κ3) is 2.11. The van der Waals surface area contributed by atoms with Crippen LogP contribution in [0.3, 0.4) is 0 Å². The van der Waals surface area contributed by atoms with Crippen molar-refractivity contribution in [1.29, 1.82) is 0 Å². The third-order valence-corrected chi connectivity index (χ3v) is 3.77. The molecule has 0 saturated carbocycles. The molecule has 0 radical (unpaired) electrons. The molecule has 0 spiro atoms. The largest absolute Gasteiger partial charge is 0.327 e. The van der Waals surface area contributed by atoms with Gasteiger partial charge in [0.25, 0.3) is 0 Å². The Hall–Kier alpha value is -2.09. The number of rotatable bonds is 1. The van der Waals surface area contributed by atoms with Crippen LogP contribution in [0.5, 0.6) is 0 Å². The summed E-state index contributed by atoms with van der Waals surface area (Å²) in [6.07, 6.45) is 0. The molecule has 1 aromatic heterocycles. The van der Waals surface area contributed by atoms with Gasteiger partial charge in [0.05, 0.1) is 11.0 Å². The molecule has 0 amide bonds. The van der Waals surface area contributed by atoms with Crippen molar-refractivity contribution >= 4 is 11.0 Å². The van der Waals surface area contributed by atoms with E-state index in [0.29, 0.717) is 0 Å². The summed E-state index contributed by atoms with van der Waals surface area (Å²) in [4.78, 5) is 4.77. The van der Waals surface area contributed by atoms with E-state index in [-0.39, 0.29) is 5.41 Å². The maximum absolute atomic E-state index is 4.77. The van der Waals surface area contributed by atoms with Gasteiger partial charge in [-0.25, -0.2) is 4.98 Å². The SMILES string of the molecule is Cn1c(-c2cccc(C(C)(C)C)c2)nc2ccccc21. The van der Waals surface area contributed by atoms with Gasteiger partial charge in [-0.3, -0.25) is 0 Å². The van der Waals surface area contributed by atoms with E-state index in [4.69, 9.17) is 4.98 Å².